The van der Waals surface area contributed by atoms with Gasteiger partial charge in [-0.05, 0) is 24.3 Å². The highest BCUT2D eigenvalue weighted by molar-refractivity contribution is 6.17. The summed E-state index contributed by atoms with van der Waals surface area (Å²) in [6, 6.07) is 6.08. The van der Waals surface area contributed by atoms with E-state index in [0.29, 0.717) is 22.6 Å². The van der Waals surface area contributed by atoms with Gasteiger partial charge in [0.2, 0.25) is 11.5 Å². The van der Waals surface area contributed by atoms with Crippen molar-refractivity contribution in [2.45, 2.75) is 0 Å². The van der Waals surface area contributed by atoms with Crippen LogP contribution in [0.25, 0.3) is 10.9 Å². The van der Waals surface area contributed by atoms with Crippen LogP contribution in [0.1, 0.15) is 26.4 Å². The van der Waals surface area contributed by atoms with Gasteiger partial charge in [0, 0.05) is 10.9 Å². The Morgan fingerprint density at radius 3 is 2.04 bits per heavy atom. The third-order valence-electron chi connectivity index (χ3n) is 4.28. The maximum absolute atomic E-state index is 13.1. The molecule has 0 bridgehead atoms. The van der Waals surface area contributed by atoms with Crippen molar-refractivity contribution in [3.05, 3.63) is 41.1 Å². The number of ketones is 1. The molecule has 28 heavy (non-hydrogen) atoms. The third kappa shape index (κ3) is 2.96. The quantitative estimate of drug-likeness (QED) is 0.595. The van der Waals surface area contributed by atoms with Gasteiger partial charge in [-0.25, -0.2) is 4.79 Å². The van der Waals surface area contributed by atoms with Crippen LogP contribution in [0.3, 0.4) is 0 Å². The molecule has 9 heteroatoms. The standard InChI is InChI=1S/C19H18N2O7/c1-25-11-6-5-10-15(14(11)19(23)24)20-21-16(10)17(22)9-7-12(26-2)18(28-4)13(8-9)27-3/h5-8H,1-4H3,(H,20,21)(H,23,24). The molecular weight excluding hydrogens is 368 g/mol. The zero-order chi connectivity index (χ0) is 20.4. The Labute approximate surface area is 159 Å². The van der Waals surface area contributed by atoms with Crippen LogP contribution >= 0.6 is 0 Å². The van der Waals surface area contributed by atoms with Crippen LogP contribution in [0.5, 0.6) is 23.0 Å². The van der Waals surface area contributed by atoms with Crippen LogP contribution in [-0.2, 0) is 0 Å². The highest BCUT2D eigenvalue weighted by atomic mass is 16.5. The predicted molar refractivity (Wildman–Crippen MR) is 99.1 cm³/mol. The molecule has 146 valence electrons. The van der Waals surface area contributed by atoms with Crippen LogP contribution < -0.4 is 18.9 Å². The molecule has 1 aromatic heterocycles. The number of aromatic nitrogens is 2. The van der Waals surface area contributed by atoms with Crippen LogP contribution in [0.15, 0.2) is 24.3 Å². The number of ether oxygens (including phenoxy) is 4. The van der Waals surface area contributed by atoms with Gasteiger partial charge < -0.3 is 24.1 Å². The monoisotopic (exact) mass is 386 g/mol. The molecule has 2 N–H and O–H groups in total. The SMILES string of the molecule is COc1cc(C(=O)c2[nH]nc3c(C(=O)O)c(OC)ccc23)cc(OC)c1OC. The summed E-state index contributed by atoms with van der Waals surface area (Å²) in [5, 5.41) is 16.5. The second-order valence-electron chi connectivity index (χ2n) is 5.69. The van der Waals surface area contributed by atoms with E-state index in [0.717, 1.165) is 0 Å². The first kappa shape index (κ1) is 19.0. The van der Waals surface area contributed by atoms with Crippen molar-refractivity contribution in [1.29, 1.82) is 0 Å². The maximum atomic E-state index is 13.1. The number of carbonyl (C=O) groups excluding carboxylic acids is 1. The molecule has 0 amide bonds. The molecule has 0 saturated heterocycles. The first-order valence-electron chi connectivity index (χ1n) is 8.09. The Balaban J connectivity index is 2.17. The molecule has 0 fully saturated rings. The summed E-state index contributed by atoms with van der Waals surface area (Å²) in [6.07, 6.45) is 0. The molecule has 1 heterocycles. The zero-order valence-corrected chi connectivity index (χ0v) is 15.7. The number of hydrogen-bond acceptors (Lipinski definition) is 7. The zero-order valence-electron chi connectivity index (χ0n) is 15.7. The number of rotatable bonds is 7. The van der Waals surface area contributed by atoms with E-state index in [2.05, 4.69) is 10.2 Å². The molecule has 3 rings (SSSR count). The lowest BCUT2D eigenvalue weighted by atomic mass is 10.0. The van der Waals surface area contributed by atoms with Crippen molar-refractivity contribution in [3.63, 3.8) is 0 Å². The van der Waals surface area contributed by atoms with Crippen molar-refractivity contribution in [1.82, 2.24) is 10.2 Å². The van der Waals surface area contributed by atoms with Gasteiger partial charge in [0.15, 0.2) is 11.5 Å². The number of nitrogens with one attached hydrogen (secondary N) is 1. The van der Waals surface area contributed by atoms with E-state index in [-0.39, 0.29) is 28.1 Å². The van der Waals surface area contributed by atoms with Crippen molar-refractivity contribution < 1.29 is 33.6 Å². The third-order valence-corrected chi connectivity index (χ3v) is 4.28. The number of aromatic amines is 1. The number of H-pyrrole nitrogens is 1. The number of carboxylic acid groups (broad SMARTS) is 1. The number of carbonyl (C=O) groups is 2. The highest BCUT2D eigenvalue weighted by Gasteiger charge is 2.24. The van der Waals surface area contributed by atoms with Crippen molar-refractivity contribution in [2.75, 3.05) is 28.4 Å². The van der Waals surface area contributed by atoms with Gasteiger partial charge in [-0.3, -0.25) is 9.89 Å². The fourth-order valence-corrected chi connectivity index (χ4v) is 2.97. The second kappa shape index (κ2) is 7.47. The number of fused-ring (bicyclic) bond motifs is 1. The number of hydrogen-bond donors (Lipinski definition) is 2. The maximum Gasteiger partial charge on any atom is 0.341 e. The van der Waals surface area contributed by atoms with E-state index < -0.39 is 11.8 Å². The Kier molecular flexibility index (Phi) is 5.08. The summed E-state index contributed by atoms with van der Waals surface area (Å²) in [6.45, 7) is 0. The lowest BCUT2D eigenvalue weighted by Gasteiger charge is -2.13. The minimum atomic E-state index is -1.21. The Morgan fingerprint density at radius 2 is 1.54 bits per heavy atom. The lowest BCUT2D eigenvalue weighted by Crippen LogP contribution is -2.05. The van der Waals surface area contributed by atoms with Gasteiger partial charge in [-0.2, -0.15) is 5.10 Å². The van der Waals surface area contributed by atoms with E-state index in [1.807, 2.05) is 0 Å². The number of benzene rings is 2. The normalized spacial score (nSPS) is 10.6. The molecule has 3 aromatic rings. The summed E-state index contributed by atoms with van der Waals surface area (Å²) in [7, 11) is 5.72. The number of aromatic carboxylic acids is 1. The average molecular weight is 386 g/mol. The largest absolute Gasteiger partial charge is 0.496 e. The summed E-state index contributed by atoms with van der Waals surface area (Å²) in [5.74, 6) is -0.472. The highest BCUT2D eigenvalue weighted by Crippen LogP contribution is 2.39. The van der Waals surface area contributed by atoms with E-state index in [9.17, 15) is 14.7 Å². The molecule has 0 spiro atoms. The van der Waals surface area contributed by atoms with Crippen LogP contribution in [0, 0.1) is 0 Å². The Bertz CT molecular complexity index is 1050. The molecule has 0 aliphatic carbocycles. The molecule has 0 aliphatic rings. The van der Waals surface area contributed by atoms with E-state index >= 15 is 0 Å². The summed E-state index contributed by atoms with van der Waals surface area (Å²) >= 11 is 0. The van der Waals surface area contributed by atoms with Gasteiger partial charge in [-0.1, -0.05) is 0 Å². The van der Waals surface area contributed by atoms with Crippen LogP contribution in [0.4, 0.5) is 0 Å². The minimum absolute atomic E-state index is 0.125. The first-order valence-corrected chi connectivity index (χ1v) is 8.09. The van der Waals surface area contributed by atoms with E-state index in [1.165, 1.54) is 46.6 Å². The van der Waals surface area contributed by atoms with Gasteiger partial charge in [0.25, 0.3) is 0 Å². The van der Waals surface area contributed by atoms with Crippen LogP contribution in [0.2, 0.25) is 0 Å². The molecule has 0 radical (unpaired) electrons. The van der Waals surface area contributed by atoms with Crippen molar-refractivity contribution in [2.24, 2.45) is 0 Å². The van der Waals surface area contributed by atoms with Gasteiger partial charge >= 0.3 is 5.97 Å². The number of carboxylic acids is 1. The van der Waals surface area contributed by atoms with Crippen molar-refractivity contribution >= 4 is 22.7 Å². The molecule has 0 aliphatic heterocycles. The van der Waals surface area contributed by atoms with Gasteiger partial charge in [0.05, 0.1) is 28.4 Å². The summed E-state index contributed by atoms with van der Waals surface area (Å²) in [5.41, 5.74) is 0.394. The topological polar surface area (TPSA) is 120 Å². The first-order chi connectivity index (χ1) is 13.5. The lowest BCUT2D eigenvalue weighted by molar-refractivity contribution is 0.0695. The number of methoxy groups -OCH3 is 4. The Morgan fingerprint density at radius 1 is 0.929 bits per heavy atom. The van der Waals surface area contributed by atoms with E-state index in [4.69, 9.17) is 18.9 Å². The van der Waals surface area contributed by atoms with Gasteiger partial charge in [0.1, 0.15) is 22.5 Å². The fraction of sp³-hybridized carbons (Fsp3) is 0.211. The number of nitrogens with zero attached hydrogens (tertiary/aromatic N) is 1. The molecule has 2 aromatic carbocycles. The molecular formula is C19H18N2O7. The summed E-state index contributed by atoms with van der Waals surface area (Å²) in [4.78, 5) is 24.7. The van der Waals surface area contributed by atoms with Crippen molar-refractivity contribution in [3.8, 4) is 23.0 Å². The molecule has 9 nitrogen and oxygen atoms in total. The van der Waals surface area contributed by atoms with Gasteiger partial charge in [-0.15, -0.1) is 0 Å². The average Bonchev–Trinajstić information content (AvgIpc) is 3.14. The van der Waals surface area contributed by atoms with Crippen LogP contribution in [-0.4, -0.2) is 55.5 Å². The molecule has 0 unspecified atom stereocenters. The smallest absolute Gasteiger partial charge is 0.341 e. The molecule has 0 saturated carbocycles. The molecule has 0 atom stereocenters. The Hall–Kier alpha value is -3.75. The van der Waals surface area contributed by atoms with E-state index in [1.54, 1.807) is 6.07 Å². The minimum Gasteiger partial charge on any atom is -0.496 e. The fourth-order valence-electron chi connectivity index (χ4n) is 2.97. The summed E-state index contributed by atoms with van der Waals surface area (Å²) < 4.78 is 20.9. The predicted octanol–water partition coefficient (Wildman–Crippen LogP) is 2.53. The second-order valence-corrected chi connectivity index (χ2v) is 5.69.